The molecular formula is C39H56O3. The highest BCUT2D eigenvalue weighted by Gasteiger charge is 2.63. The van der Waals surface area contributed by atoms with E-state index in [1.165, 1.54) is 57.4 Å². The van der Waals surface area contributed by atoms with Crippen LogP contribution < -0.4 is 0 Å². The van der Waals surface area contributed by atoms with Gasteiger partial charge in [0.2, 0.25) is 0 Å². The molecule has 0 aromatic heterocycles. The number of benzene rings is 1. The van der Waals surface area contributed by atoms with Gasteiger partial charge in [-0.05, 0) is 139 Å². The van der Waals surface area contributed by atoms with Gasteiger partial charge < -0.3 is 14.9 Å². The number of rotatable bonds is 4. The molecule has 0 radical (unpaired) electrons. The second kappa shape index (κ2) is 10.2. The van der Waals surface area contributed by atoms with Crippen LogP contribution in [0.4, 0.5) is 0 Å². The Morgan fingerprint density at radius 2 is 1.64 bits per heavy atom. The van der Waals surface area contributed by atoms with Crippen molar-refractivity contribution in [2.75, 3.05) is 0 Å². The third-order valence-electron chi connectivity index (χ3n) is 14.2. The van der Waals surface area contributed by atoms with Gasteiger partial charge >= 0.3 is 0 Å². The lowest BCUT2D eigenvalue weighted by atomic mass is 9.37. The molecule has 0 heterocycles. The summed E-state index contributed by atoms with van der Waals surface area (Å²) >= 11 is 0. The van der Waals surface area contributed by atoms with Crippen molar-refractivity contribution in [2.24, 2.45) is 57.2 Å². The van der Waals surface area contributed by atoms with Gasteiger partial charge in [-0.2, -0.15) is 0 Å². The number of aromatic hydroxyl groups is 2. The minimum atomic E-state index is -0.114. The van der Waals surface area contributed by atoms with Crippen molar-refractivity contribution in [1.29, 1.82) is 0 Å². The molecule has 0 amide bonds. The highest BCUT2D eigenvalue weighted by Crippen LogP contribution is 2.71. The molecule has 1 aromatic carbocycles. The van der Waals surface area contributed by atoms with Crippen LogP contribution in [0, 0.1) is 57.2 Å². The molecule has 0 bridgehead atoms. The first-order chi connectivity index (χ1) is 19.7. The molecule has 4 fully saturated rings. The lowest BCUT2D eigenvalue weighted by Crippen LogP contribution is -2.60. The second-order valence-corrected chi connectivity index (χ2v) is 16.9. The Hall–Kier alpha value is -2.16. The molecule has 4 saturated carbocycles. The quantitative estimate of drug-likeness (QED) is 0.163. The molecule has 2 N–H and O–H groups in total. The predicted molar refractivity (Wildman–Crippen MR) is 173 cm³/mol. The summed E-state index contributed by atoms with van der Waals surface area (Å²) in [5.74, 6) is 4.69. The Balaban J connectivity index is 1.19. The molecular weight excluding hydrogens is 516 g/mol. The third-order valence-corrected chi connectivity index (χ3v) is 14.2. The first-order valence-corrected chi connectivity index (χ1v) is 16.9. The van der Waals surface area contributed by atoms with Crippen molar-refractivity contribution >= 4 is 6.08 Å². The summed E-state index contributed by atoms with van der Waals surface area (Å²) < 4.78 is 6.52. The van der Waals surface area contributed by atoms with Gasteiger partial charge in [0.1, 0.15) is 11.9 Å². The van der Waals surface area contributed by atoms with Gasteiger partial charge in [-0.25, -0.2) is 0 Å². The lowest BCUT2D eigenvalue weighted by Gasteiger charge is -2.67. The van der Waals surface area contributed by atoms with Crippen LogP contribution in [-0.2, 0) is 4.74 Å². The Labute approximate surface area is 255 Å². The van der Waals surface area contributed by atoms with Crippen molar-refractivity contribution in [3.63, 3.8) is 0 Å². The van der Waals surface area contributed by atoms with E-state index >= 15 is 0 Å². The van der Waals surface area contributed by atoms with Crippen molar-refractivity contribution in [1.82, 2.24) is 0 Å². The summed E-state index contributed by atoms with van der Waals surface area (Å²) in [6.07, 6.45) is 18.5. The zero-order valence-electron chi connectivity index (χ0n) is 27.4. The molecule has 6 rings (SSSR count). The van der Waals surface area contributed by atoms with Crippen LogP contribution >= 0.6 is 0 Å². The zero-order valence-corrected chi connectivity index (χ0v) is 27.4. The van der Waals surface area contributed by atoms with Crippen LogP contribution in [0.5, 0.6) is 11.5 Å². The molecule has 10 unspecified atom stereocenters. The van der Waals surface area contributed by atoms with E-state index in [0.717, 1.165) is 35.7 Å². The van der Waals surface area contributed by atoms with Crippen LogP contribution in [0.1, 0.15) is 112 Å². The average Bonchev–Trinajstić information content (AvgIpc) is 2.92. The number of phenols is 2. The molecule has 3 heteroatoms. The van der Waals surface area contributed by atoms with E-state index in [2.05, 4.69) is 61.1 Å². The summed E-state index contributed by atoms with van der Waals surface area (Å²) in [5, 5.41) is 19.4. The van der Waals surface area contributed by atoms with Crippen molar-refractivity contribution in [3.8, 4) is 11.5 Å². The van der Waals surface area contributed by atoms with Crippen LogP contribution in [0.2, 0.25) is 0 Å². The molecule has 0 saturated heterocycles. The van der Waals surface area contributed by atoms with Gasteiger partial charge in [-0.15, -0.1) is 0 Å². The van der Waals surface area contributed by atoms with E-state index in [4.69, 9.17) is 4.74 Å². The molecule has 5 aliphatic rings. The Bertz CT molecular complexity index is 1290. The maximum atomic E-state index is 9.81. The van der Waals surface area contributed by atoms with Crippen LogP contribution in [0.15, 0.2) is 48.3 Å². The summed E-state index contributed by atoms with van der Waals surface area (Å²) in [4.78, 5) is 0. The lowest BCUT2D eigenvalue weighted by molar-refractivity contribution is -0.163. The standard InChI is InChI=1S/C39H56O3/c1-24-21-30-28(31-23-36(4,5)19-20-37(24,31)6)12-14-35-38(7)18-16-34(26(3)29(38)15-17-39(30,35)8)42-25(2)9-10-27-11-13-32(40)33(41)22-27/h9-13,22,24,26,29-31,34-35,40-41H,2,14-21,23H2,1,3-8H3/b10-9+. The van der Waals surface area contributed by atoms with Crippen molar-refractivity contribution < 1.29 is 14.9 Å². The third kappa shape index (κ3) is 4.67. The maximum Gasteiger partial charge on any atom is 0.157 e. The normalized spacial score (nSPS) is 44.3. The molecule has 3 nitrogen and oxygen atoms in total. The SMILES string of the molecule is C=C(/C=C/c1ccc(O)c(O)c1)OC1CCC2(C)C(CCC3(C)C4CC(C)C5(C)CCC(C)(C)CC5C4=CCC32)C1C. The van der Waals surface area contributed by atoms with E-state index < -0.39 is 0 Å². The van der Waals surface area contributed by atoms with Crippen LogP contribution in [-0.4, -0.2) is 16.3 Å². The summed E-state index contributed by atoms with van der Waals surface area (Å²) in [6, 6.07) is 4.84. The van der Waals surface area contributed by atoms with E-state index in [9.17, 15) is 10.2 Å². The van der Waals surface area contributed by atoms with Crippen LogP contribution in [0.25, 0.3) is 6.08 Å². The number of hydrogen-bond acceptors (Lipinski definition) is 3. The van der Waals surface area contributed by atoms with Gasteiger partial charge in [0.25, 0.3) is 0 Å². The fourth-order valence-corrected chi connectivity index (χ4v) is 11.3. The molecule has 42 heavy (non-hydrogen) atoms. The predicted octanol–water partition coefficient (Wildman–Crippen LogP) is 10.3. The average molecular weight is 573 g/mol. The van der Waals surface area contributed by atoms with Gasteiger partial charge in [0.05, 0.1) is 0 Å². The fourth-order valence-electron chi connectivity index (χ4n) is 11.3. The highest BCUT2D eigenvalue weighted by atomic mass is 16.5. The number of allylic oxidation sites excluding steroid dienone is 3. The first-order valence-electron chi connectivity index (χ1n) is 16.9. The molecule has 0 spiro atoms. The number of fused-ring (bicyclic) bond motifs is 7. The summed E-state index contributed by atoms with van der Waals surface area (Å²) in [5.41, 5.74) is 4.38. The Morgan fingerprint density at radius 3 is 2.38 bits per heavy atom. The minimum absolute atomic E-state index is 0.107. The molecule has 0 aliphatic heterocycles. The maximum absolute atomic E-state index is 9.81. The first kappa shape index (κ1) is 29.9. The summed E-state index contributed by atoms with van der Waals surface area (Å²) in [6.45, 7) is 22.3. The highest BCUT2D eigenvalue weighted by molar-refractivity contribution is 5.56. The molecule has 1 aromatic rings. The summed E-state index contributed by atoms with van der Waals surface area (Å²) in [7, 11) is 0. The van der Waals surface area contributed by atoms with Gasteiger partial charge in [0, 0.05) is 0 Å². The largest absolute Gasteiger partial charge is 0.504 e. The molecule has 5 aliphatic carbocycles. The number of phenolic OH excluding ortho intramolecular Hbond substituents is 2. The monoisotopic (exact) mass is 572 g/mol. The minimum Gasteiger partial charge on any atom is -0.504 e. The Kier molecular flexibility index (Phi) is 7.26. The molecule has 230 valence electrons. The number of hydrogen-bond donors (Lipinski definition) is 2. The van der Waals surface area contributed by atoms with Crippen molar-refractivity contribution in [2.45, 2.75) is 112 Å². The second-order valence-electron chi connectivity index (χ2n) is 16.9. The molecule has 10 atom stereocenters. The van der Waals surface area contributed by atoms with E-state index in [-0.39, 0.29) is 17.6 Å². The van der Waals surface area contributed by atoms with Crippen LogP contribution in [0.3, 0.4) is 0 Å². The van der Waals surface area contributed by atoms with E-state index in [1.807, 2.05) is 17.7 Å². The fraction of sp³-hybridized carbons (Fsp3) is 0.692. The number of ether oxygens (including phenoxy) is 1. The van der Waals surface area contributed by atoms with Gasteiger partial charge in [-0.1, -0.05) is 78.8 Å². The van der Waals surface area contributed by atoms with E-state index in [1.54, 1.807) is 12.1 Å². The Morgan fingerprint density at radius 1 is 0.905 bits per heavy atom. The topological polar surface area (TPSA) is 49.7 Å². The van der Waals surface area contributed by atoms with Gasteiger partial charge in [-0.3, -0.25) is 0 Å². The van der Waals surface area contributed by atoms with E-state index in [0.29, 0.717) is 39.3 Å². The zero-order chi connectivity index (χ0) is 30.2. The van der Waals surface area contributed by atoms with Gasteiger partial charge in [0.15, 0.2) is 11.5 Å². The smallest absolute Gasteiger partial charge is 0.157 e. The van der Waals surface area contributed by atoms with Crippen molar-refractivity contribution in [3.05, 3.63) is 53.8 Å².